The zero-order valence-electron chi connectivity index (χ0n) is 12.0. The quantitative estimate of drug-likeness (QED) is 0.790. The lowest BCUT2D eigenvalue weighted by Crippen LogP contribution is -2.15. The van der Waals surface area contributed by atoms with E-state index in [-0.39, 0.29) is 13.2 Å². The molecular weight excluding hydrogens is 302 g/mol. The van der Waals surface area contributed by atoms with E-state index in [1.165, 1.54) is 0 Å². The third-order valence-electron chi connectivity index (χ3n) is 3.01. The van der Waals surface area contributed by atoms with Gasteiger partial charge in [-0.05, 0) is 36.8 Å². The summed E-state index contributed by atoms with van der Waals surface area (Å²) in [6.45, 7) is 1.70. The number of benzene rings is 2. The maximum Gasteiger partial charge on any atom is 0.344 e. The number of esters is 1. The molecule has 22 heavy (non-hydrogen) atoms. The topological polar surface area (TPSA) is 59.3 Å². The fourth-order valence-electron chi connectivity index (χ4n) is 1.80. The summed E-state index contributed by atoms with van der Waals surface area (Å²) in [6, 6.07) is 14.2. The first-order valence-corrected chi connectivity index (χ1v) is 7.00. The Labute approximate surface area is 133 Å². The van der Waals surface area contributed by atoms with Gasteiger partial charge in [0.15, 0.2) is 6.61 Å². The van der Waals surface area contributed by atoms with Gasteiger partial charge in [0, 0.05) is 10.6 Å². The molecule has 0 aliphatic heterocycles. The number of hydrogen-bond donors (Lipinski definition) is 0. The van der Waals surface area contributed by atoms with Crippen molar-refractivity contribution in [1.82, 2.24) is 0 Å². The van der Waals surface area contributed by atoms with E-state index in [4.69, 9.17) is 26.3 Å². The Balaban J connectivity index is 1.86. The number of nitrogens with zero attached hydrogens (tertiary/aromatic N) is 1. The molecule has 0 radical (unpaired) electrons. The molecule has 0 aromatic heterocycles. The van der Waals surface area contributed by atoms with E-state index in [0.29, 0.717) is 21.9 Å². The highest BCUT2D eigenvalue weighted by atomic mass is 35.5. The number of hydrogen-bond acceptors (Lipinski definition) is 4. The summed E-state index contributed by atoms with van der Waals surface area (Å²) in [4.78, 5) is 11.7. The fourth-order valence-corrected chi connectivity index (χ4v) is 1.92. The molecule has 5 heteroatoms. The van der Waals surface area contributed by atoms with E-state index >= 15 is 0 Å². The van der Waals surface area contributed by atoms with Crippen molar-refractivity contribution >= 4 is 17.6 Å². The van der Waals surface area contributed by atoms with Crippen molar-refractivity contribution in [2.75, 3.05) is 6.61 Å². The summed E-state index contributed by atoms with van der Waals surface area (Å²) < 4.78 is 10.5. The van der Waals surface area contributed by atoms with Gasteiger partial charge in [-0.1, -0.05) is 29.8 Å². The smallest absolute Gasteiger partial charge is 0.344 e. The van der Waals surface area contributed by atoms with Gasteiger partial charge in [-0.3, -0.25) is 0 Å². The Morgan fingerprint density at radius 3 is 2.77 bits per heavy atom. The van der Waals surface area contributed by atoms with Crippen molar-refractivity contribution in [3.05, 3.63) is 64.2 Å². The normalized spacial score (nSPS) is 9.86. The SMILES string of the molecule is Cc1cc(OCC(=O)OCc2ccccc2C#N)ccc1Cl. The van der Waals surface area contributed by atoms with E-state index in [1.54, 1.807) is 42.5 Å². The number of halogens is 1. The lowest BCUT2D eigenvalue weighted by atomic mass is 10.1. The van der Waals surface area contributed by atoms with Gasteiger partial charge in [0.05, 0.1) is 11.6 Å². The number of carbonyl (C=O) groups excluding carboxylic acids is 1. The first-order chi connectivity index (χ1) is 10.6. The second kappa shape index (κ2) is 7.48. The van der Waals surface area contributed by atoms with Crippen LogP contribution < -0.4 is 4.74 Å². The average molecular weight is 316 g/mol. The van der Waals surface area contributed by atoms with Crippen LogP contribution in [0.5, 0.6) is 5.75 Å². The van der Waals surface area contributed by atoms with Crippen LogP contribution in [0.3, 0.4) is 0 Å². The highest BCUT2D eigenvalue weighted by Gasteiger charge is 2.08. The Morgan fingerprint density at radius 1 is 1.27 bits per heavy atom. The molecule has 0 spiro atoms. The van der Waals surface area contributed by atoms with Crippen LogP contribution in [0.2, 0.25) is 5.02 Å². The average Bonchev–Trinajstić information content (AvgIpc) is 2.54. The molecule has 2 aromatic rings. The highest BCUT2D eigenvalue weighted by molar-refractivity contribution is 6.31. The van der Waals surface area contributed by atoms with Crippen LogP contribution in [0.25, 0.3) is 0 Å². The van der Waals surface area contributed by atoms with Gasteiger partial charge >= 0.3 is 5.97 Å². The molecule has 0 N–H and O–H groups in total. The van der Waals surface area contributed by atoms with Crippen molar-refractivity contribution in [3.8, 4) is 11.8 Å². The Bertz CT molecular complexity index is 722. The monoisotopic (exact) mass is 315 g/mol. The third-order valence-corrected chi connectivity index (χ3v) is 3.44. The summed E-state index contributed by atoms with van der Waals surface area (Å²) in [6.07, 6.45) is 0. The van der Waals surface area contributed by atoms with Gasteiger partial charge in [0.1, 0.15) is 12.4 Å². The van der Waals surface area contributed by atoms with Gasteiger partial charge in [-0.25, -0.2) is 4.79 Å². The highest BCUT2D eigenvalue weighted by Crippen LogP contribution is 2.21. The number of rotatable bonds is 5. The molecule has 2 aromatic carbocycles. The van der Waals surface area contributed by atoms with Crippen molar-refractivity contribution < 1.29 is 14.3 Å². The summed E-state index contributed by atoms with van der Waals surface area (Å²) >= 11 is 5.92. The minimum atomic E-state index is -0.500. The van der Waals surface area contributed by atoms with Crippen molar-refractivity contribution in [1.29, 1.82) is 5.26 Å². The molecule has 0 amide bonds. The van der Waals surface area contributed by atoms with Gasteiger partial charge in [0.25, 0.3) is 0 Å². The van der Waals surface area contributed by atoms with Crippen LogP contribution in [-0.4, -0.2) is 12.6 Å². The van der Waals surface area contributed by atoms with E-state index < -0.39 is 5.97 Å². The van der Waals surface area contributed by atoms with E-state index in [2.05, 4.69) is 6.07 Å². The predicted octanol–water partition coefficient (Wildman–Crippen LogP) is 3.64. The molecule has 112 valence electrons. The van der Waals surface area contributed by atoms with Crippen molar-refractivity contribution in [3.63, 3.8) is 0 Å². The standard InChI is InChI=1S/C17H14ClNO3/c1-12-8-15(6-7-16(12)18)21-11-17(20)22-10-14-5-3-2-4-13(14)9-19/h2-8H,10-11H2,1H3. The third kappa shape index (κ3) is 4.24. The van der Waals surface area contributed by atoms with Crippen LogP contribution in [0.1, 0.15) is 16.7 Å². The predicted molar refractivity (Wildman–Crippen MR) is 82.6 cm³/mol. The minimum Gasteiger partial charge on any atom is -0.482 e. The Morgan fingerprint density at radius 2 is 2.05 bits per heavy atom. The fraction of sp³-hybridized carbons (Fsp3) is 0.176. The lowest BCUT2D eigenvalue weighted by molar-refractivity contribution is -0.147. The van der Waals surface area contributed by atoms with Crippen LogP contribution >= 0.6 is 11.6 Å². The van der Waals surface area contributed by atoms with Crippen LogP contribution in [0, 0.1) is 18.3 Å². The van der Waals surface area contributed by atoms with Gasteiger partial charge in [-0.2, -0.15) is 5.26 Å². The number of ether oxygens (including phenoxy) is 2. The molecule has 4 nitrogen and oxygen atoms in total. The summed E-state index contributed by atoms with van der Waals surface area (Å²) in [7, 11) is 0. The van der Waals surface area contributed by atoms with E-state index in [0.717, 1.165) is 5.56 Å². The van der Waals surface area contributed by atoms with E-state index in [1.807, 2.05) is 6.92 Å². The zero-order valence-corrected chi connectivity index (χ0v) is 12.8. The molecular formula is C17H14ClNO3. The molecule has 0 heterocycles. The minimum absolute atomic E-state index is 0.0472. The van der Waals surface area contributed by atoms with Gasteiger partial charge in [-0.15, -0.1) is 0 Å². The molecule has 0 aliphatic rings. The summed E-state index contributed by atoms with van der Waals surface area (Å²) in [5, 5.41) is 9.60. The Kier molecular flexibility index (Phi) is 5.40. The second-order valence-electron chi connectivity index (χ2n) is 4.63. The largest absolute Gasteiger partial charge is 0.482 e. The number of aryl methyl sites for hydroxylation is 1. The van der Waals surface area contributed by atoms with Crippen LogP contribution in [0.4, 0.5) is 0 Å². The van der Waals surface area contributed by atoms with Crippen molar-refractivity contribution in [2.24, 2.45) is 0 Å². The molecule has 0 saturated heterocycles. The molecule has 2 rings (SSSR count). The molecule has 0 atom stereocenters. The second-order valence-corrected chi connectivity index (χ2v) is 5.04. The zero-order chi connectivity index (χ0) is 15.9. The van der Waals surface area contributed by atoms with Gasteiger partial charge < -0.3 is 9.47 Å². The number of carbonyl (C=O) groups is 1. The Hall–Kier alpha value is -2.51. The van der Waals surface area contributed by atoms with Crippen LogP contribution in [0.15, 0.2) is 42.5 Å². The van der Waals surface area contributed by atoms with E-state index in [9.17, 15) is 4.79 Å². The van der Waals surface area contributed by atoms with Crippen LogP contribution in [-0.2, 0) is 16.1 Å². The molecule has 0 unspecified atom stereocenters. The molecule has 0 bridgehead atoms. The summed E-state index contributed by atoms with van der Waals surface area (Å²) in [5.74, 6) is 0.0524. The molecule has 0 saturated carbocycles. The molecule has 0 fully saturated rings. The van der Waals surface area contributed by atoms with Crippen molar-refractivity contribution in [2.45, 2.75) is 13.5 Å². The summed E-state index contributed by atoms with van der Waals surface area (Å²) in [5.41, 5.74) is 2.03. The molecule has 0 aliphatic carbocycles. The number of nitriles is 1. The van der Waals surface area contributed by atoms with Gasteiger partial charge in [0.2, 0.25) is 0 Å². The maximum absolute atomic E-state index is 11.7. The first-order valence-electron chi connectivity index (χ1n) is 6.62. The lowest BCUT2D eigenvalue weighted by Gasteiger charge is -2.09. The first kappa shape index (κ1) is 15.9. The maximum atomic E-state index is 11.7.